The average Bonchev–Trinajstić information content (AvgIpc) is 2.20. The Morgan fingerprint density at radius 1 is 1.20 bits per heavy atom. The van der Waals surface area contributed by atoms with Crippen molar-refractivity contribution in [3.05, 3.63) is 0 Å². The maximum absolute atomic E-state index is 10.7. The molecule has 1 fully saturated rings. The van der Waals surface area contributed by atoms with Crippen molar-refractivity contribution in [2.45, 2.75) is 37.7 Å². The average molecular weight is 216 g/mol. The van der Waals surface area contributed by atoms with Crippen LogP contribution in [0.5, 0.6) is 0 Å². The molecule has 0 unspecified atom stereocenters. The lowest BCUT2D eigenvalue weighted by Crippen LogP contribution is -2.53. The van der Waals surface area contributed by atoms with Crippen LogP contribution in [0, 0.1) is 0 Å². The lowest BCUT2D eigenvalue weighted by Gasteiger charge is -2.36. The molecule has 88 valence electrons. The highest BCUT2D eigenvalue weighted by molar-refractivity contribution is 5.64. The van der Waals surface area contributed by atoms with Crippen molar-refractivity contribution in [1.82, 2.24) is 0 Å². The minimum atomic E-state index is -0.634. The Morgan fingerprint density at radius 3 is 2.40 bits per heavy atom. The zero-order valence-corrected chi connectivity index (χ0v) is 9.11. The number of rotatable bonds is 9. The van der Waals surface area contributed by atoms with Gasteiger partial charge in [-0.2, -0.15) is 0 Å². The van der Waals surface area contributed by atoms with Gasteiger partial charge < -0.3 is 14.6 Å². The first-order valence-electron chi connectivity index (χ1n) is 5.62. The van der Waals surface area contributed by atoms with Gasteiger partial charge in [0.15, 0.2) is 11.9 Å². The first kappa shape index (κ1) is 12.6. The summed E-state index contributed by atoms with van der Waals surface area (Å²) in [5, 5.41) is 8.57. The molecule has 4 heteroatoms. The largest absolute Gasteiger partial charge is 0.396 e. The van der Waals surface area contributed by atoms with Crippen molar-refractivity contribution in [2.24, 2.45) is 0 Å². The summed E-state index contributed by atoms with van der Waals surface area (Å²) < 4.78 is 10.4. The van der Waals surface area contributed by atoms with Crippen molar-refractivity contribution in [2.75, 3.05) is 26.4 Å². The predicted octanol–water partition coefficient (Wildman–Crippen LogP) is 0.914. The Morgan fingerprint density at radius 2 is 1.87 bits per heavy atom. The summed E-state index contributed by atoms with van der Waals surface area (Å²) in [6.07, 6.45) is 5.99. The third-order valence-electron chi connectivity index (χ3n) is 2.60. The van der Waals surface area contributed by atoms with E-state index in [9.17, 15) is 4.79 Å². The predicted molar refractivity (Wildman–Crippen MR) is 55.7 cm³/mol. The highest BCUT2D eigenvalue weighted by Crippen LogP contribution is 2.19. The van der Waals surface area contributed by atoms with Gasteiger partial charge >= 0.3 is 0 Å². The van der Waals surface area contributed by atoms with E-state index in [4.69, 9.17) is 14.6 Å². The standard InChI is InChI=1S/C11H20O4/c12-6-4-2-1-3-5-7-15-11(8-13)9-14-10-11/h8,12H,1-7,9-10H2. The molecule has 4 nitrogen and oxygen atoms in total. The van der Waals surface area contributed by atoms with Crippen LogP contribution in [0.4, 0.5) is 0 Å². The Labute approximate surface area is 90.6 Å². The van der Waals surface area contributed by atoms with Gasteiger partial charge in [0.1, 0.15) is 0 Å². The Hall–Kier alpha value is -0.450. The molecule has 0 amide bonds. The SMILES string of the molecule is O=CC1(OCCCCCCCO)COC1. The molecule has 0 aromatic rings. The Kier molecular flexibility index (Phi) is 5.83. The van der Waals surface area contributed by atoms with Crippen molar-refractivity contribution in [3.63, 3.8) is 0 Å². The molecule has 1 aliphatic rings. The number of unbranched alkanes of at least 4 members (excludes halogenated alkanes) is 4. The van der Waals surface area contributed by atoms with Crippen molar-refractivity contribution >= 4 is 6.29 Å². The molecule has 1 saturated heterocycles. The molecule has 15 heavy (non-hydrogen) atoms. The fourth-order valence-electron chi connectivity index (χ4n) is 1.51. The number of hydrogen-bond acceptors (Lipinski definition) is 4. The van der Waals surface area contributed by atoms with Crippen LogP contribution in [-0.4, -0.2) is 43.4 Å². The summed E-state index contributed by atoms with van der Waals surface area (Å²) in [6, 6.07) is 0. The second-order valence-electron chi connectivity index (χ2n) is 4.02. The number of hydrogen-bond donors (Lipinski definition) is 1. The quantitative estimate of drug-likeness (QED) is 0.460. The Bertz CT molecular complexity index is 177. The van der Waals surface area contributed by atoms with Crippen molar-refractivity contribution < 1.29 is 19.4 Å². The Balaban J connectivity index is 1.90. The second kappa shape index (κ2) is 6.93. The lowest BCUT2D eigenvalue weighted by atomic mass is 10.0. The maximum atomic E-state index is 10.7. The van der Waals surface area contributed by atoms with E-state index in [1.54, 1.807) is 0 Å². The van der Waals surface area contributed by atoms with Crippen LogP contribution < -0.4 is 0 Å². The van der Waals surface area contributed by atoms with Crippen molar-refractivity contribution in [3.8, 4) is 0 Å². The number of carbonyl (C=O) groups is 1. The first-order valence-corrected chi connectivity index (χ1v) is 5.62. The van der Waals surface area contributed by atoms with Crippen molar-refractivity contribution in [1.29, 1.82) is 0 Å². The molecule has 1 rings (SSSR count). The van der Waals surface area contributed by atoms with E-state index in [1.807, 2.05) is 0 Å². The van der Waals surface area contributed by atoms with Gasteiger partial charge in [-0.15, -0.1) is 0 Å². The molecule has 0 aromatic carbocycles. The molecular weight excluding hydrogens is 196 g/mol. The molecule has 1 aliphatic heterocycles. The molecule has 0 aromatic heterocycles. The summed E-state index contributed by atoms with van der Waals surface area (Å²) in [5.41, 5.74) is -0.634. The van der Waals surface area contributed by atoms with Crippen LogP contribution >= 0.6 is 0 Å². The van der Waals surface area contributed by atoms with E-state index in [-0.39, 0.29) is 6.61 Å². The molecule has 0 atom stereocenters. The molecule has 0 spiro atoms. The van der Waals surface area contributed by atoms with Crippen LogP contribution in [0.2, 0.25) is 0 Å². The summed E-state index contributed by atoms with van der Waals surface area (Å²) in [4.78, 5) is 10.7. The van der Waals surface area contributed by atoms with Crippen LogP contribution in [0.1, 0.15) is 32.1 Å². The monoisotopic (exact) mass is 216 g/mol. The van der Waals surface area contributed by atoms with E-state index in [0.29, 0.717) is 19.8 Å². The molecule has 0 radical (unpaired) electrons. The maximum Gasteiger partial charge on any atom is 0.169 e. The minimum absolute atomic E-state index is 0.280. The van der Waals surface area contributed by atoms with E-state index in [2.05, 4.69) is 0 Å². The summed E-state index contributed by atoms with van der Waals surface area (Å²) in [5.74, 6) is 0. The lowest BCUT2D eigenvalue weighted by molar-refractivity contribution is -0.199. The molecule has 0 bridgehead atoms. The van der Waals surface area contributed by atoms with Gasteiger partial charge in [-0.1, -0.05) is 19.3 Å². The molecule has 1 N–H and O–H groups in total. The zero-order chi connectivity index (χ0) is 11.0. The fourth-order valence-corrected chi connectivity index (χ4v) is 1.51. The summed E-state index contributed by atoms with van der Waals surface area (Å²) in [7, 11) is 0. The van der Waals surface area contributed by atoms with Gasteiger partial charge in [0.05, 0.1) is 13.2 Å². The van der Waals surface area contributed by atoms with Crippen LogP contribution in [0.15, 0.2) is 0 Å². The zero-order valence-electron chi connectivity index (χ0n) is 9.11. The number of aldehydes is 1. The number of aliphatic hydroxyl groups is 1. The van der Waals surface area contributed by atoms with Gasteiger partial charge in [-0.3, -0.25) is 4.79 Å². The summed E-state index contributed by atoms with van der Waals surface area (Å²) in [6.45, 7) is 1.71. The molecule has 0 aliphatic carbocycles. The first-order chi connectivity index (χ1) is 7.33. The van der Waals surface area contributed by atoms with Crippen LogP contribution in [0.25, 0.3) is 0 Å². The normalized spacial score (nSPS) is 18.5. The minimum Gasteiger partial charge on any atom is -0.396 e. The van der Waals surface area contributed by atoms with E-state index >= 15 is 0 Å². The number of aliphatic hydroxyl groups excluding tert-OH is 1. The summed E-state index contributed by atoms with van der Waals surface area (Å²) >= 11 is 0. The third kappa shape index (κ3) is 4.28. The molecular formula is C11H20O4. The molecule has 1 heterocycles. The molecule has 0 saturated carbocycles. The van der Waals surface area contributed by atoms with Crippen LogP contribution in [0.3, 0.4) is 0 Å². The van der Waals surface area contributed by atoms with E-state index in [0.717, 1.165) is 38.4 Å². The van der Waals surface area contributed by atoms with E-state index in [1.165, 1.54) is 0 Å². The second-order valence-corrected chi connectivity index (χ2v) is 4.02. The van der Waals surface area contributed by atoms with Crippen LogP contribution in [-0.2, 0) is 14.3 Å². The third-order valence-corrected chi connectivity index (χ3v) is 2.60. The number of carbonyl (C=O) groups excluding carboxylic acids is 1. The van der Waals surface area contributed by atoms with Gasteiger partial charge in [0, 0.05) is 13.2 Å². The van der Waals surface area contributed by atoms with E-state index < -0.39 is 5.60 Å². The van der Waals surface area contributed by atoms with Gasteiger partial charge in [0.25, 0.3) is 0 Å². The van der Waals surface area contributed by atoms with Gasteiger partial charge in [-0.25, -0.2) is 0 Å². The highest BCUT2D eigenvalue weighted by Gasteiger charge is 2.39. The smallest absolute Gasteiger partial charge is 0.169 e. The number of ether oxygens (including phenoxy) is 2. The topological polar surface area (TPSA) is 55.8 Å². The van der Waals surface area contributed by atoms with Gasteiger partial charge in [0.2, 0.25) is 0 Å². The highest BCUT2D eigenvalue weighted by atomic mass is 16.6. The van der Waals surface area contributed by atoms with Gasteiger partial charge in [-0.05, 0) is 12.8 Å². The fraction of sp³-hybridized carbons (Fsp3) is 0.909.